The van der Waals surface area contributed by atoms with Crippen LogP contribution in [-0.4, -0.2) is 41.2 Å². The van der Waals surface area contributed by atoms with Crippen molar-refractivity contribution in [2.24, 2.45) is 11.8 Å². The molecule has 3 amide bonds. The zero-order valence-corrected chi connectivity index (χ0v) is 15.4. The van der Waals surface area contributed by atoms with Crippen LogP contribution in [-0.2, 0) is 23.9 Å². The zero-order chi connectivity index (χ0) is 19.6. The van der Waals surface area contributed by atoms with E-state index in [1.807, 2.05) is 12.2 Å². The monoisotopic (exact) mass is 390 g/mol. The van der Waals surface area contributed by atoms with Gasteiger partial charge in [0.05, 0.1) is 11.8 Å². The van der Waals surface area contributed by atoms with Crippen LogP contribution >= 0.6 is 11.6 Å². The van der Waals surface area contributed by atoms with Crippen molar-refractivity contribution >= 4 is 41.0 Å². The van der Waals surface area contributed by atoms with E-state index in [0.29, 0.717) is 23.6 Å². The van der Waals surface area contributed by atoms with Crippen molar-refractivity contribution in [2.45, 2.75) is 25.9 Å². The molecule has 1 N–H and O–H groups in total. The lowest BCUT2D eigenvalue weighted by Crippen LogP contribution is -2.39. The third-order valence-corrected chi connectivity index (χ3v) is 4.89. The number of imide groups is 1. The summed E-state index contributed by atoms with van der Waals surface area (Å²) in [5, 5.41) is 3.04. The number of rotatable bonds is 5. The normalized spacial score (nSPS) is 22.4. The lowest BCUT2D eigenvalue weighted by atomic mass is 9.85. The van der Waals surface area contributed by atoms with Gasteiger partial charge in [0.25, 0.3) is 5.91 Å². The highest BCUT2D eigenvalue weighted by Gasteiger charge is 2.47. The molecule has 1 saturated heterocycles. The van der Waals surface area contributed by atoms with Crippen LogP contribution < -0.4 is 5.32 Å². The average Bonchev–Trinajstić information content (AvgIpc) is 2.87. The van der Waals surface area contributed by atoms with E-state index in [4.69, 9.17) is 16.3 Å². The second kappa shape index (κ2) is 7.92. The highest BCUT2D eigenvalue weighted by atomic mass is 35.5. The van der Waals surface area contributed by atoms with Crippen molar-refractivity contribution in [3.05, 3.63) is 41.4 Å². The molecular weight excluding hydrogens is 372 g/mol. The first-order valence-electron chi connectivity index (χ1n) is 8.63. The Labute approximate surface area is 161 Å². The number of carbonyl (C=O) groups is 4. The van der Waals surface area contributed by atoms with Crippen LogP contribution in [0.1, 0.15) is 19.8 Å². The maximum absolute atomic E-state index is 12.4. The van der Waals surface area contributed by atoms with E-state index >= 15 is 0 Å². The maximum atomic E-state index is 12.4. The molecule has 8 heteroatoms. The fourth-order valence-corrected chi connectivity index (χ4v) is 3.44. The van der Waals surface area contributed by atoms with Gasteiger partial charge in [0, 0.05) is 10.7 Å². The molecule has 0 spiro atoms. The molecule has 142 valence electrons. The SMILES string of the molecule is C[C@@H](OC(=O)CN1C(=O)[C@H]2CC=CC[C@@H]2C1=O)C(=O)Nc1cccc(Cl)c1. The van der Waals surface area contributed by atoms with Gasteiger partial charge in [0.2, 0.25) is 11.8 Å². The van der Waals surface area contributed by atoms with Crippen LogP contribution in [0, 0.1) is 11.8 Å². The number of benzene rings is 1. The Bertz CT molecular complexity index is 796. The summed E-state index contributed by atoms with van der Waals surface area (Å²) in [5.41, 5.74) is 0.469. The minimum atomic E-state index is -1.09. The molecule has 1 heterocycles. The third kappa shape index (κ3) is 4.19. The molecule has 7 nitrogen and oxygen atoms in total. The van der Waals surface area contributed by atoms with Crippen molar-refractivity contribution < 1.29 is 23.9 Å². The van der Waals surface area contributed by atoms with Gasteiger partial charge >= 0.3 is 5.97 Å². The van der Waals surface area contributed by atoms with Crippen molar-refractivity contribution in [3.63, 3.8) is 0 Å². The number of halogens is 1. The van der Waals surface area contributed by atoms with Gasteiger partial charge in [-0.3, -0.25) is 24.1 Å². The second-order valence-corrected chi connectivity index (χ2v) is 6.99. The first kappa shape index (κ1) is 19.1. The highest BCUT2D eigenvalue weighted by Crippen LogP contribution is 2.34. The predicted octanol–water partition coefficient (Wildman–Crippen LogP) is 2.16. The molecule has 1 fully saturated rings. The lowest BCUT2D eigenvalue weighted by molar-refractivity contribution is -0.158. The Kier molecular flexibility index (Phi) is 5.60. The van der Waals surface area contributed by atoms with E-state index < -0.39 is 36.4 Å². The van der Waals surface area contributed by atoms with Crippen LogP contribution in [0.15, 0.2) is 36.4 Å². The lowest BCUT2D eigenvalue weighted by Gasteiger charge is -2.17. The second-order valence-electron chi connectivity index (χ2n) is 6.55. The van der Waals surface area contributed by atoms with Gasteiger partial charge in [0.15, 0.2) is 6.10 Å². The van der Waals surface area contributed by atoms with Gasteiger partial charge in [-0.05, 0) is 38.0 Å². The number of esters is 1. The molecule has 1 aliphatic heterocycles. The molecule has 3 rings (SSSR count). The summed E-state index contributed by atoms with van der Waals surface area (Å²) in [6.07, 6.45) is 3.65. The largest absolute Gasteiger partial charge is 0.451 e. The Morgan fingerprint density at radius 3 is 2.44 bits per heavy atom. The van der Waals surface area contributed by atoms with Crippen LogP contribution in [0.4, 0.5) is 5.69 Å². The summed E-state index contributed by atoms with van der Waals surface area (Å²) in [7, 11) is 0. The van der Waals surface area contributed by atoms with Crippen molar-refractivity contribution in [3.8, 4) is 0 Å². The minimum Gasteiger partial charge on any atom is -0.451 e. The molecule has 1 aromatic rings. The fourth-order valence-electron chi connectivity index (χ4n) is 3.25. The topological polar surface area (TPSA) is 92.8 Å². The highest BCUT2D eigenvalue weighted by molar-refractivity contribution is 6.30. The summed E-state index contributed by atoms with van der Waals surface area (Å²) in [6, 6.07) is 6.55. The van der Waals surface area contributed by atoms with Gasteiger partial charge in [-0.2, -0.15) is 0 Å². The fraction of sp³-hybridized carbons (Fsp3) is 0.368. The number of fused-ring (bicyclic) bond motifs is 1. The standard InChI is InChI=1S/C19H19ClN2O5/c1-11(17(24)21-13-6-4-5-12(20)9-13)27-16(23)10-22-18(25)14-7-2-3-8-15(14)19(22)26/h2-6,9,11,14-15H,7-8,10H2,1H3,(H,21,24)/t11-,14+,15+/m1/s1. The van der Waals surface area contributed by atoms with Crippen molar-refractivity contribution in [2.75, 3.05) is 11.9 Å². The Hall–Kier alpha value is -2.67. The molecule has 27 heavy (non-hydrogen) atoms. The number of nitrogens with one attached hydrogen (secondary N) is 1. The molecule has 0 saturated carbocycles. The summed E-state index contributed by atoms with van der Waals surface area (Å²) >= 11 is 5.86. The first-order valence-corrected chi connectivity index (χ1v) is 9.00. The number of ether oxygens (including phenoxy) is 1. The summed E-state index contributed by atoms with van der Waals surface area (Å²) in [5.74, 6) is -2.87. The van der Waals surface area contributed by atoms with Crippen molar-refractivity contribution in [1.82, 2.24) is 4.90 Å². The molecule has 2 aliphatic rings. The molecule has 1 aliphatic carbocycles. The van der Waals surface area contributed by atoms with Crippen LogP contribution in [0.2, 0.25) is 5.02 Å². The van der Waals surface area contributed by atoms with E-state index in [0.717, 1.165) is 4.90 Å². The summed E-state index contributed by atoms with van der Waals surface area (Å²) < 4.78 is 5.08. The first-order chi connectivity index (χ1) is 12.9. The number of allylic oxidation sites excluding steroid dienone is 2. The smallest absolute Gasteiger partial charge is 0.326 e. The predicted molar refractivity (Wildman–Crippen MR) is 97.7 cm³/mol. The minimum absolute atomic E-state index is 0.359. The van der Waals surface area contributed by atoms with Gasteiger partial charge in [0.1, 0.15) is 6.54 Å². The summed E-state index contributed by atoms with van der Waals surface area (Å²) in [4.78, 5) is 49.9. The van der Waals surface area contributed by atoms with E-state index in [9.17, 15) is 19.2 Å². The molecule has 3 atom stereocenters. The van der Waals surface area contributed by atoms with Gasteiger partial charge in [-0.1, -0.05) is 29.8 Å². The quantitative estimate of drug-likeness (QED) is 0.472. The van der Waals surface area contributed by atoms with E-state index in [1.54, 1.807) is 24.3 Å². The molecule has 0 unspecified atom stereocenters. The van der Waals surface area contributed by atoms with Gasteiger partial charge in [-0.25, -0.2) is 0 Å². The van der Waals surface area contributed by atoms with Crippen LogP contribution in [0.5, 0.6) is 0 Å². The zero-order valence-electron chi connectivity index (χ0n) is 14.7. The van der Waals surface area contributed by atoms with Crippen LogP contribution in [0.25, 0.3) is 0 Å². The Morgan fingerprint density at radius 2 is 1.85 bits per heavy atom. The maximum Gasteiger partial charge on any atom is 0.326 e. The molecule has 0 aromatic heterocycles. The van der Waals surface area contributed by atoms with E-state index in [-0.39, 0.29) is 11.8 Å². The third-order valence-electron chi connectivity index (χ3n) is 4.66. The number of hydrogen-bond donors (Lipinski definition) is 1. The van der Waals surface area contributed by atoms with E-state index in [2.05, 4.69) is 5.32 Å². The molecule has 1 aromatic carbocycles. The summed E-state index contributed by atoms with van der Waals surface area (Å²) in [6.45, 7) is 0.925. The molecule has 0 radical (unpaired) electrons. The Balaban J connectivity index is 1.55. The number of nitrogens with zero attached hydrogens (tertiary/aromatic N) is 1. The number of anilines is 1. The molecule has 0 bridgehead atoms. The van der Waals surface area contributed by atoms with Crippen LogP contribution in [0.3, 0.4) is 0 Å². The number of hydrogen-bond acceptors (Lipinski definition) is 5. The Morgan fingerprint density at radius 1 is 1.22 bits per heavy atom. The average molecular weight is 391 g/mol. The van der Waals surface area contributed by atoms with Gasteiger partial charge < -0.3 is 10.1 Å². The van der Waals surface area contributed by atoms with Crippen molar-refractivity contribution in [1.29, 1.82) is 0 Å². The number of amides is 3. The molecular formula is C19H19ClN2O5. The van der Waals surface area contributed by atoms with Gasteiger partial charge in [-0.15, -0.1) is 0 Å². The number of carbonyl (C=O) groups excluding carboxylic acids is 4. The van der Waals surface area contributed by atoms with E-state index in [1.165, 1.54) is 6.92 Å². The number of likely N-dealkylation sites (tertiary alicyclic amines) is 1.